The van der Waals surface area contributed by atoms with Crippen molar-refractivity contribution >= 4 is 30.5 Å². The molecule has 1 aromatic rings. The molecule has 0 radical (unpaired) electrons. The smallest absolute Gasteiger partial charge is 0.339 e. The number of allylic oxidation sites excluding steroid dienone is 1. The molecule has 0 aromatic carbocycles. The van der Waals surface area contributed by atoms with Crippen LogP contribution in [0.5, 0.6) is 0 Å². The lowest BCUT2D eigenvalue weighted by atomic mass is 10.1. The van der Waals surface area contributed by atoms with Crippen LogP contribution in [-0.4, -0.2) is 23.8 Å². The first-order valence-electron chi connectivity index (χ1n) is 4.80. The standard InChI is InChI=1S/C11H14N2O2S/c1-15-11(14)9-6-8(4-2-3-5-16)10(12)13-7-9/h2,4,6-7,16H,3,5H2,1H3,(H2,12,13). The van der Waals surface area contributed by atoms with Crippen molar-refractivity contribution in [3.05, 3.63) is 29.5 Å². The molecule has 4 nitrogen and oxygen atoms in total. The van der Waals surface area contributed by atoms with Crippen LogP contribution in [0.4, 0.5) is 5.82 Å². The Kier molecular flexibility index (Phi) is 4.85. The molecular weight excluding hydrogens is 224 g/mol. The maximum Gasteiger partial charge on any atom is 0.339 e. The van der Waals surface area contributed by atoms with Crippen LogP contribution in [0.3, 0.4) is 0 Å². The van der Waals surface area contributed by atoms with Gasteiger partial charge in [-0.1, -0.05) is 12.2 Å². The van der Waals surface area contributed by atoms with Gasteiger partial charge in [0.05, 0.1) is 12.7 Å². The fourth-order valence-electron chi connectivity index (χ4n) is 1.14. The number of rotatable bonds is 4. The Labute approximate surface area is 99.9 Å². The van der Waals surface area contributed by atoms with Crippen LogP contribution in [0, 0.1) is 0 Å². The van der Waals surface area contributed by atoms with Crippen LogP contribution in [0.15, 0.2) is 18.3 Å². The molecule has 0 bridgehead atoms. The van der Waals surface area contributed by atoms with Gasteiger partial charge in [-0.05, 0) is 18.2 Å². The summed E-state index contributed by atoms with van der Waals surface area (Å²) in [6.07, 6.45) is 5.99. The van der Waals surface area contributed by atoms with Gasteiger partial charge in [0.2, 0.25) is 0 Å². The second kappa shape index (κ2) is 6.17. The Balaban J connectivity index is 2.94. The number of nitrogens with zero attached hydrogens (tertiary/aromatic N) is 1. The summed E-state index contributed by atoms with van der Waals surface area (Å²) in [5, 5.41) is 0. The number of nitrogens with two attached hydrogens (primary N) is 1. The number of methoxy groups -OCH3 is 1. The van der Waals surface area contributed by atoms with Crippen LogP contribution in [0.25, 0.3) is 6.08 Å². The zero-order valence-corrected chi connectivity index (χ0v) is 9.91. The van der Waals surface area contributed by atoms with E-state index in [1.165, 1.54) is 13.3 Å². The third-order valence-corrected chi connectivity index (χ3v) is 2.22. The first-order chi connectivity index (χ1) is 7.69. The SMILES string of the molecule is COC(=O)c1cnc(N)c(C=CCCS)c1. The number of hydrogen-bond acceptors (Lipinski definition) is 5. The van der Waals surface area contributed by atoms with Gasteiger partial charge in [0.1, 0.15) is 5.82 Å². The summed E-state index contributed by atoms with van der Waals surface area (Å²) < 4.78 is 4.60. The number of hydrogen-bond donors (Lipinski definition) is 2. The minimum atomic E-state index is -0.420. The van der Waals surface area contributed by atoms with Crippen molar-refractivity contribution < 1.29 is 9.53 Å². The molecule has 0 spiro atoms. The number of pyridine rings is 1. The first kappa shape index (κ1) is 12.6. The van der Waals surface area contributed by atoms with Gasteiger partial charge in [0, 0.05) is 11.8 Å². The third-order valence-electron chi connectivity index (χ3n) is 1.96. The highest BCUT2D eigenvalue weighted by atomic mass is 32.1. The Morgan fingerprint density at radius 1 is 1.69 bits per heavy atom. The fourth-order valence-corrected chi connectivity index (χ4v) is 1.29. The second-order valence-corrected chi connectivity index (χ2v) is 3.55. The summed E-state index contributed by atoms with van der Waals surface area (Å²) in [6, 6.07) is 1.66. The van der Waals surface area contributed by atoms with Gasteiger partial charge in [-0.2, -0.15) is 12.6 Å². The van der Waals surface area contributed by atoms with E-state index in [4.69, 9.17) is 5.73 Å². The van der Waals surface area contributed by atoms with Crippen LogP contribution >= 0.6 is 12.6 Å². The van der Waals surface area contributed by atoms with E-state index < -0.39 is 5.97 Å². The number of ether oxygens (including phenoxy) is 1. The molecule has 0 saturated heterocycles. The highest BCUT2D eigenvalue weighted by Crippen LogP contribution is 2.13. The Morgan fingerprint density at radius 3 is 3.06 bits per heavy atom. The van der Waals surface area contributed by atoms with Gasteiger partial charge in [0.25, 0.3) is 0 Å². The monoisotopic (exact) mass is 238 g/mol. The van der Waals surface area contributed by atoms with E-state index in [9.17, 15) is 4.79 Å². The molecule has 5 heteroatoms. The van der Waals surface area contributed by atoms with Crippen LogP contribution in [0.2, 0.25) is 0 Å². The topological polar surface area (TPSA) is 65.2 Å². The van der Waals surface area contributed by atoms with Crippen molar-refractivity contribution in [1.82, 2.24) is 4.98 Å². The molecule has 1 aromatic heterocycles. The quantitative estimate of drug-likeness (QED) is 0.620. The number of carbonyl (C=O) groups is 1. The number of nitrogen functional groups attached to an aromatic ring is 1. The molecule has 0 fully saturated rings. The summed E-state index contributed by atoms with van der Waals surface area (Å²) in [7, 11) is 1.33. The van der Waals surface area contributed by atoms with Gasteiger partial charge in [-0.3, -0.25) is 0 Å². The van der Waals surface area contributed by atoms with Gasteiger partial charge >= 0.3 is 5.97 Å². The van der Waals surface area contributed by atoms with Crippen LogP contribution in [-0.2, 0) is 4.74 Å². The summed E-state index contributed by atoms with van der Waals surface area (Å²) in [5.41, 5.74) is 6.78. The first-order valence-corrected chi connectivity index (χ1v) is 5.43. The molecule has 0 aliphatic rings. The lowest BCUT2D eigenvalue weighted by molar-refractivity contribution is 0.0600. The molecule has 0 atom stereocenters. The van der Waals surface area contributed by atoms with E-state index in [1.807, 2.05) is 12.2 Å². The highest BCUT2D eigenvalue weighted by Gasteiger charge is 2.07. The lowest BCUT2D eigenvalue weighted by Gasteiger charge is -2.02. The maximum absolute atomic E-state index is 11.3. The van der Waals surface area contributed by atoms with Crippen molar-refractivity contribution in [1.29, 1.82) is 0 Å². The minimum absolute atomic E-state index is 0.391. The van der Waals surface area contributed by atoms with Crippen LogP contribution in [0.1, 0.15) is 22.3 Å². The molecule has 86 valence electrons. The van der Waals surface area contributed by atoms with Gasteiger partial charge in [0.15, 0.2) is 0 Å². The molecule has 2 N–H and O–H groups in total. The molecule has 0 saturated carbocycles. The molecule has 0 amide bonds. The molecular formula is C11H14N2O2S. The van der Waals surface area contributed by atoms with E-state index in [-0.39, 0.29) is 0 Å². The number of thiol groups is 1. The number of aromatic nitrogens is 1. The van der Waals surface area contributed by atoms with Gasteiger partial charge in [-0.25, -0.2) is 9.78 Å². The van der Waals surface area contributed by atoms with E-state index in [0.717, 1.165) is 12.2 Å². The van der Waals surface area contributed by atoms with Crippen molar-refractivity contribution in [3.63, 3.8) is 0 Å². The summed E-state index contributed by atoms with van der Waals surface area (Å²) in [4.78, 5) is 15.2. The van der Waals surface area contributed by atoms with Crippen molar-refractivity contribution in [3.8, 4) is 0 Å². The van der Waals surface area contributed by atoms with Gasteiger partial charge in [-0.15, -0.1) is 0 Å². The Hall–Kier alpha value is -1.49. The summed E-state index contributed by atoms with van der Waals surface area (Å²) in [5.74, 6) is 0.736. The van der Waals surface area contributed by atoms with Crippen molar-refractivity contribution in [2.24, 2.45) is 0 Å². The van der Waals surface area contributed by atoms with Crippen molar-refractivity contribution in [2.45, 2.75) is 6.42 Å². The lowest BCUT2D eigenvalue weighted by Crippen LogP contribution is -2.04. The van der Waals surface area contributed by atoms with Crippen molar-refractivity contribution in [2.75, 3.05) is 18.6 Å². The van der Waals surface area contributed by atoms with E-state index >= 15 is 0 Å². The third kappa shape index (κ3) is 3.27. The molecule has 1 heterocycles. The highest BCUT2D eigenvalue weighted by molar-refractivity contribution is 7.80. The predicted octanol–water partition coefficient (Wildman–Crippen LogP) is 1.78. The predicted molar refractivity (Wildman–Crippen MR) is 67.5 cm³/mol. The maximum atomic E-state index is 11.3. The molecule has 0 aliphatic heterocycles. The fraction of sp³-hybridized carbons (Fsp3) is 0.273. The number of anilines is 1. The van der Waals surface area contributed by atoms with E-state index in [2.05, 4.69) is 22.3 Å². The molecule has 16 heavy (non-hydrogen) atoms. The summed E-state index contributed by atoms with van der Waals surface area (Å²) in [6.45, 7) is 0. The van der Waals surface area contributed by atoms with E-state index in [1.54, 1.807) is 6.07 Å². The average Bonchev–Trinajstić information content (AvgIpc) is 2.31. The Morgan fingerprint density at radius 2 is 2.44 bits per heavy atom. The van der Waals surface area contributed by atoms with E-state index in [0.29, 0.717) is 16.9 Å². The minimum Gasteiger partial charge on any atom is -0.465 e. The zero-order valence-electron chi connectivity index (χ0n) is 9.01. The zero-order chi connectivity index (χ0) is 12.0. The normalized spacial score (nSPS) is 10.6. The molecule has 0 unspecified atom stereocenters. The average molecular weight is 238 g/mol. The van der Waals surface area contributed by atoms with Crippen LogP contribution < -0.4 is 5.73 Å². The largest absolute Gasteiger partial charge is 0.465 e. The second-order valence-electron chi connectivity index (χ2n) is 3.10. The van der Waals surface area contributed by atoms with Gasteiger partial charge < -0.3 is 10.5 Å². The number of esters is 1. The Bertz CT molecular complexity index is 405. The molecule has 1 rings (SSSR count). The number of carbonyl (C=O) groups excluding carboxylic acids is 1. The molecule has 0 aliphatic carbocycles. The summed E-state index contributed by atoms with van der Waals surface area (Å²) >= 11 is 4.09.